The lowest BCUT2D eigenvalue weighted by atomic mass is 9.90. The molecule has 0 spiro atoms. The van der Waals surface area contributed by atoms with E-state index >= 15 is 0 Å². The van der Waals surface area contributed by atoms with Crippen molar-refractivity contribution < 1.29 is 9.21 Å². The molecule has 25 heavy (non-hydrogen) atoms. The van der Waals surface area contributed by atoms with Crippen molar-refractivity contribution in [1.82, 2.24) is 5.43 Å². The van der Waals surface area contributed by atoms with E-state index in [1.54, 1.807) is 6.21 Å². The first-order chi connectivity index (χ1) is 12.1. The average molecular weight is 357 g/mol. The Labute approximate surface area is 152 Å². The fourth-order valence-electron chi connectivity index (χ4n) is 4.30. The number of nitrogens with one attached hydrogen (secondary N) is 1. The predicted octanol–water partition coefficient (Wildman–Crippen LogP) is 4.88. The van der Waals surface area contributed by atoms with Gasteiger partial charge in [0.05, 0.1) is 6.21 Å². The molecule has 0 unspecified atom stereocenters. The van der Waals surface area contributed by atoms with Gasteiger partial charge in [-0.3, -0.25) is 4.79 Å². The van der Waals surface area contributed by atoms with Crippen molar-refractivity contribution in [2.45, 2.75) is 32.6 Å². The number of hydrogen-bond acceptors (Lipinski definition) is 3. The van der Waals surface area contributed by atoms with Gasteiger partial charge in [0.2, 0.25) is 5.91 Å². The maximum atomic E-state index is 12.4. The van der Waals surface area contributed by atoms with E-state index in [1.807, 2.05) is 36.4 Å². The highest BCUT2D eigenvalue weighted by molar-refractivity contribution is 6.30. The van der Waals surface area contributed by atoms with Crippen molar-refractivity contribution in [3.8, 4) is 11.3 Å². The monoisotopic (exact) mass is 356 g/mol. The van der Waals surface area contributed by atoms with Crippen LogP contribution >= 0.6 is 11.6 Å². The van der Waals surface area contributed by atoms with E-state index in [-0.39, 0.29) is 17.2 Å². The molecule has 1 aromatic carbocycles. The number of fused-ring (bicyclic) bond motifs is 1. The summed E-state index contributed by atoms with van der Waals surface area (Å²) in [6.07, 6.45) is 6.34. The second-order valence-corrected chi connectivity index (χ2v) is 7.72. The molecule has 0 bridgehead atoms. The Kier molecular flexibility index (Phi) is 4.16. The van der Waals surface area contributed by atoms with Crippen LogP contribution in [0.2, 0.25) is 5.02 Å². The second-order valence-electron chi connectivity index (χ2n) is 7.28. The summed E-state index contributed by atoms with van der Waals surface area (Å²) in [7, 11) is 0. The van der Waals surface area contributed by atoms with Gasteiger partial charge < -0.3 is 4.42 Å². The van der Waals surface area contributed by atoms with Crippen LogP contribution in [0, 0.1) is 17.3 Å². The molecule has 1 aromatic heterocycles. The number of rotatable bonds is 4. The van der Waals surface area contributed by atoms with Gasteiger partial charge in [0, 0.05) is 16.5 Å². The third-order valence-corrected chi connectivity index (χ3v) is 5.95. The third-order valence-electron chi connectivity index (χ3n) is 5.72. The van der Waals surface area contributed by atoms with Crippen LogP contribution in [0.15, 0.2) is 45.9 Å². The van der Waals surface area contributed by atoms with Gasteiger partial charge in [-0.15, -0.1) is 0 Å². The molecule has 0 aliphatic heterocycles. The van der Waals surface area contributed by atoms with Crippen molar-refractivity contribution in [3.63, 3.8) is 0 Å². The molecule has 1 amide bonds. The molecule has 4 nitrogen and oxygen atoms in total. The Morgan fingerprint density at radius 2 is 2.24 bits per heavy atom. The normalized spacial score (nSPS) is 27.9. The molecule has 1 heterocycles. The third kappa shape index (κ3) is 3.11. The van der Waals surface area contributed by atoms with Gasteiger partial charge in [-0.25, -0.2) is 5.43 Å². The lowest BCUT2D eigenvalue weighted by molar-refractivity contribution is -0.123. The summed E-state index contributed by atoms with van der Waals surface area (Å²) in [5, 5.41) is 4.73. The molecule has 5 heteroatoms. The SMILES string of the molecule is C[C@]12CCCC[C@@H]1[C@H]2C(=O)N/N=C\c1ccc(-c2cccc(Cl)c2)o1. The summed E-state index contributed by atoms with van der Waals surface area (Å²) in [6.45, 7) is 2.23. The van der Waals surface area contributed by atoms with Crippen molar-refractivity contribution in [3.05, 3.63) is 47.2 Å². The van der Waals surface area contributed by atoms with Crippen molar-refractivity contribution in [2.75, 3.05) is 0 Å². The zero-order valence-electron chi connectivity index (χ0n) is 14.2. The van der Waals surface area contributed by atoms with Gasteiger partial charge in [0.25, 0.3) is 0 Å². The van der Waals surface area contributed by atoms with Crippen molar-refractivity contribution >= 4 is 23.7 Å². The summed E-state index contributed by atoms with van der Waals surface area (Å²) in [4.78, 5) is 12.4. The van der Waals surface area contributed by atoms with Gasteiger partial charge >= 0.3 is 0 Å². The number of hydrogen-bond donors (Lipinski definition) is 1. The lowest BCUT2D eigenvalue weighted by Gasteiger charge is -2.15. The van der Waals surface area contributed by atoms with Gasteiger partial charge in [-0.1, -0.05) is 43.5 Å². The van der Waals surface area contributed by atoms with E-state index < -0.39 is 0 Å². The number of nitrogens with zero attached hydrogens (tertiary/aromatic N) is 1. The molecule has 2 aliphatic carbocycles. The minimum absolute atomic E-state index is 0.0345. The number of hydrazone groups is 1. The fraction of sp³-hybridized carbons (Fsp3) is 0.400. The van der Waals surface area contributed by atoms with E-state index in [9.17, 15) is 4.79 Å². The van der Waals surface area contributed by atoms with E-state index in [4.69, 9.17) is 16.0 Å². The number of carbonyl (C=O) groups is 1. The fourth-order valence-corrected chi connectivity index (χ4v) is 4.49. The smallest absolute Gasteiger partial charge is 0.244 e. The van der Waals surface area contributed by atoms with Crippen LogP contribution in [0.4, 0.5) is 0 Å². The van der Waals surface area contributed by atoms with Crippen LogP contribution in [-0.2, 0) is 4.79 Å². The number of carbonyl (C=O) groups excluding carboxylic acids is 1. The highest BCUT2D eigenvalue weighted by Crippen LogP contribution is 2.66. The van der Waals surface area contributed by atoms with Crippen LogP contribution in [0.25, 0.3) is 11.3 Å². The average Bonchev–Trinajstić information content (AvgIpc) is 2.96. The van der Waals surface area contributed by atoms with Gasteiger partial charge in [0.15, 0.2) is 0 Å². The quantitative estimate of drug-likeness (QED) is 0.627. The minimum Gasteiger partial charge on any atom is -0.455 e. The first-order valence-corrected chi connectivity index (χ1v) is 9.14. The van der Waals surface area contributed by atoms with Crippen LogP contribution in [0.5, 0.6) is 0 Å². The number of amides is 1. The zero-order valence-corrected chi connectivity index (χ0v) is 14.9. The summed E-state index contributed by atoms with van der Waals surface area (Å²) in [5.41, 5.74) is 3.79. The Morgan fingerprint density at radius 3 is 3.00 bits per heavy atom. The van der Waals surface area contributed by atoms with E-state index in [0.717, 1.165) is 17.7 Å². The van der Waals surface area contributed by atoms with Crippen LogP contribution < -0.4 is 5.43 Å². The topological polar surface area (TPSA) is 54.6 Å². The molecule has 4 rings (SSSR count). The Bertz CT molecular complexity index is 829. The minimum atomic E-state index is 0.0345. The molecule has 1 N–H and O–H groups in total. The van der Waals surface area contributed by atoms with Gasteiger partial charge in [-0.05, 0) is 48.4 Å². The van der Waals surface area contributed by atoms with Crippen LogP contribution in [-0.4, -0.2) is 12.1 Å². The van der Waals surface area contributed by atoms with Crippen LogP contribution in [0.3, 0.4) is 0 Å². The highest BCUT2D eigenvalue weighted by Gasteiger charge is 2.64. The molecule has 2 fully saturated rings. The predicted molar refractivity (Wildman–Crippen MR) is 98.4 cm³/mol. The standard InChI is InChI=1S/C20H21ClN2O2/c1-20-10-3-2-7-16(20)18(20)19(24)23-22-12-15-8-9-17(25-15)13-5-4-6-14(21)11-13/h4-6,8-9,11-12,16,18H,2-3,7,10H2,1H3,(H,23,24)/b22-12-/t16-,18+,20+/m1/s1. The van der Waals surface area contributed by atoms with Gasteiger partial charge in [0.1, 0.15) is 11.5 Å². The zero-order chi connectivity index (χ0) is 17.4. The van der Waals surface area contributed by atoms with Gasteiger partial charge in [-0.2, -0.15) is 5.10 Å². The maximum absolute atomic E-state index is 12.4. The van der Waals surface area contributed by atoms with E-state index in [2.05, 4.69) is 17.5 Å². The first-order valence-electron chi connectivity index (χ1n) is 8.77. The van der Waals surface area contributed by atoms with E-state index in [1.165, 1.54) is 19.3 Å². The number of halogens is 1. The molecule has 2 saturated carbocycles. The molecular formula is C20H21ClN2O2. The van der Waals surface area contributed by atoms with Crippen molar-refractivity contribution in [2.24, 2.45) is 22.4 Å². The molecule has 0 saturated heterocycles. The Morgan fingerprint density at radius 1 is 1.36 bits per heavy atom. The largest absolute Gasteiger partial charge is 0.455 e. The maximum Gasteiger partial charge on any atom is 0.244 e. The van der Waals surface area contributed by atoms with E-state index in [0.29, 0.717) is 16.7 Å². The molecule has 2 aromatic rings. The number of furan rings is 1. The highest BCUT2D eigenvalue weighted by atomic mass is 35.5. The molecule has 3 atom stereocenters. The lowest BCUT2D eigenvalue weighted by Crippen LogP contribution is -2.22. The molecule has 130 valence electrons. The Balaban J connectivity index is 1.37. The Hall–Kier alpha value is -2.07. The molecule has 0 radical (unpaired) electrons. The summed E-state index contributed by atoms with van der Waals surface area (Å²) in [5.74, 6) is 2.00. The molecule has 2 aliphatic rings. The summed E-state index contributed by atoms with van der Waals surface area (Å²) in [6, 6.07) is 11.2. The van der Waals surface area contributed by atoms with Crippen molar-refractivity contribution in [1.29, 1.82) is 0 Å². The summed E-state index contributed by atoms with van der Waals surface area (Å²) < 4.78 is 5.74. The molecular weight excluding hydrogens is 336 g/mol. The summed E-state index contributed by atoms with van der Waals surface area (Å²) >= 11 is 6.00. The van der Waals surface area contributed by atoms with Crippen LogP contribution in [0.1, 0.15) is 38.4 Å². The second kappa shape index (κ2) is 6.34. The first kappa shape index (κ1) is 16.4. The number of benzene rings is 1.